The Balaban J connectivity index is 1.21. The van der Waals surface area contributed by atoms with Crippen LogP contribution in [0.15, 0.2) is 158 Å². The molecule has 10 rings (SSSR count). The number of benzene rings is 6. The van der Waals surface area contributed by atoms with Gasteiger partial charge >= 0.3 is 12.0 Å². The molecule has 0 aliphatic carbocycles. The van der Waals surface area contributed by atoms with Gasteiger partial charge in [-0.25, -0.2) is 14.4 Å². The van der Waals surface area contributed by atoms with E-state index in [9.17, 15) is 14.7 Å². The van der Waals surface area contributed by atoms with Gasteiger partial charge in [-0.1, -0.05) is 132 Å². The summed E-state index contributed by atoms with van der Waals surface area (Å²) in [6.07, 6.45) is -0.917. The fourth-order valence-corrected chi connectivity index (χ4v) is 10.3. The predicted molar refractivity (Wildman–Crippen MR) is 248 cm³/mol. The van der Waals surface area contributed by atoms with Crippen molar-refractivity contribution in [2.45, 2.75) is 49.2 Å². The second kappa shape index (κ2) is 17.7. The Labute approximate surface area is 385 Å². The number of nitrogens with two attached hydrogens (primary N) is 1. The second-order valence-electron chi connectivity index (χ2n) is 16.8. The van der Waals surface area contributed by atoms with Crippen LogP contribution in [0.25, 0.3) is 11.0 Å². The molecule has 3 aliphatic heterocycles. The van der Waals surface area contributed by atoms with Crippen molar-refractivity contribution in [3.05, 3.63) is 191 Å². The van der Waals surface area contributed by atoms with E-state index in [1.807, 2.05) is 127 Å². The molecule has 3 aliphatic rings. The van der Waals surface area contributed by atoms with Crippen LogP contribution >= 0.6 is 0 Å². The van der Waals surface area contributed by atoms with Gasteiger partial charge in [-0.05, 0) is 77.2 Å². The van der Waals surface area contributed by atoms with E-state index in [1.54, 1.807) is 47.1 Å². The third kappa shape index (κ3) is 7.34. The molecule has 6 aromatic carbocycles. The van der Waals surface area contributed by atoms with Gasteiger partial charge < -0.3 is 25.6 Å². The number of aliphatic hydroxyl groups excluding tert-OH is 1. The number of nitrogens with zero attached hydrogens (tertiary/aromatic N) is 5. The number of fused-ring (bicyclic) bond motifs is 4. The van der Waals surface area contributed by atoms with Gasteiger partial charge in [-0.15, -0.1) is 5.10 Å². The fraction of sp³-hybridized carbons (Fsp3) is 0.208. The number of para-hydroxylation sites is 1. The zero-order valence-corrected chi connectivity index (χ0v) is 36.3. The number of carbonyl (C=O) groups excluding carboxylic acids is 4. The van der Waals surface area contributed by atoms with E-state index in [0.29, 0.717) is 22.4 Å². The zero-order valence-electron chi connectivity index (χ0n) is 36.3. The molecule has 0 saturated carbocycles. The first kappa shape index (κ1) is 42.8. The van der Waals surface area contributed by atoms with Crippen LogP contribution < -0.4 is 20.7 Å². The van der Waals surface area contributed by atoms with Crippen molar-refractivity contribution < 1.29 is 33.8 Å². The largest absolute Gasteiger partial charge is 0.491 e. The summed E-state index contributed by atoms with van der Waals surface area (Å²) >= 11 is 0. The lowest BCUT2D eigenvalue weighted by Gasteiger charge is -2.46. The van der Waals surface area contributed by atoms with Gasteiger partial charge in [0.1, 0.15) is 42.0 Å². The molecule has 4 amide bonds. The molecule has 67 heavy (non-hydrogen) atoms. The number of hydrogen-bond acceptors (Lipinski definition) is 10. The normalized spacial score (nSPS) is 22.4. The number of amides is 4. The summed E-state index contributed by atoms with van der Waals surface area (Å²) in [7, 11) is 0. The highest BCUT2D eigenvalue weighted by Gasteiger charge is 2.75. The van der Waals surface area contributed by atoms with E-state index in [1.165, 1.54) is 0 Å². The number of cyclic esters (lactones) is 1. The van der Waals surface area contributed by atoms with E-state index >= 15 is 9.59 Å². The lowest BCUT2D eigenvalue weighted by molar-refractivity contribution is -0.178. The molecule has 1 spiro atoms. The Bertz CT molecular complexity index is 3080. The fourth-order valence-electron chi connectivity index (χ4n) is 10.3. The van der Waals surface area contributed by atoms with Crippen molar-refractivity contribution in [1.82, 2.24) is 25.2 Å². The number of esters is 1. The summed E-state index contributed by atoms with van der Waals surface area (Å²) in [6, 6.07) is 43.1. The molecule has 0 bridgehead atoms. The van der Waals surface area contributed by atoms with Gasteiger partial charge in [0.15, 0.2) is 0 Å². The molecule has 0 unspecified atom stereocenters. The summed E-state index contributed by atoms with van der Waals surface area (Å²) in [4.78, 5) is 63.9. The van der Waals surface area contributed by atoms with Crippen LogP contribution in [0.5, 0.6) is 5.75 Å². The molecule has 7 aromatic rings. The number of urea groups is 1. The Morgan fingerprint density at radius 2 is 1.52 bits per heavy atom. The quantitative estimate of drug-likeness (QED) is 0.102. The average Bonchev–Trinajstić information content (AvgIpc) is 4.00. The van der Waals surface area contributed by atoms with Crippen molar-refractivity contribution in [2.75, 3.05) is 18.1 Å². The Hall–Kier alpha value is -8.12. The Morgan fingerprint density at radius 1 is 0.836 bits per heavy atom. The maximum atomic E-state index is 16.3. The topological polar surface area (TPSA) is 182 Å². The number of ether oxygens (including phenoxy) is 2. The zero-order chi connectivity index (χ0) is 46.2. The molecule has 1 aromatic heterocycles. The van der Waals surface area contributed by atoms with Crippen LogP contribution in [-0.2, 0) is 31.1 Å². The van der Waals surface area contributed by atoms with Crippen LogP contribution in [0, 0.1) is 17.8 Å². The maximum absolute atomic E-state index is 16.3. The predicted octanol–water partition coefficient (Wildman–Crippen LogP) is 6.48. The lowest BCUT2D eigenvalue weighted by atomic mass is 9.65. The number of hydrogen-bond donors (Lipinski definition) is 3. The van der Waals surface area contributed by atoms with Crippen LogP contribution in [0.4, 0.5) is 10.5 Å². The van der Waals surface area contributed by atoms with Crippen molar-refractivity contribution in [2.24, 2.45) is 11.7 Å². The molecule has 2 fully saturated rings. The van der Waals surface area contributed by atoms with Gasteiger partial charge in [0.25, 0.3) is 0 Å². The minimum atomic E-state index is -2.05. The molecule has 7 atom stereocenters. The van der Waals surface area contributed by atoms with Crippen LogP contribution in [0.3, 0.4) is 0 Å². The molecule has 4 heterocycles. The molecule has 4 N–H and O–H groups in total. The SMILES string of the molecule is C[C@@H](NC(=O)N1C(=O)[C@@]2(c3cc(C#CCn4nnc5ccccc54)ccc31)[C@H](c1cccc(OCCO)c1)N1[C@H](c3ccccc3)[C@H](c3ccccc3)OC(=O)[C@H]1[C@@H]2C(N)=O)c1ccccc1. The number of aliphatic hydroxyl groups is 1. The molecule has 14 heteroatoms. The smallest absolute Gasteiger partial charge is 0.329 e. The highest BCUT2D eigenvalue weighted by molar-refractivity contribution is 6.24. The van der Waals surface area contributed by atoms with E-state index < -0.39 is 65.4 Å². The summed E-state index contributed by atoms with van der Waals surface area (Å²) in [5, 5.41) is 21.3. The van der Waals surface area contributed by atoms with Crippen LogP contribution in [0.1, 0.15) is 64.5 Å². The van der Waals surface area contributed by atoms with Crippen LogP contribution in [-0.4, -0.2) is 68.1 Å². The number of imide groups is 1. The number of primary amides is 1. The summed E-state index contributed by atoms with van der Waals surface area (Å²) in [5.41, 5.74) is 9.68. The summed E-state index contributed by atoms with van der Waals surface area (Å²) in [5.74, 6) is 2.73. The number of rotatable bonds is 10. The van der Waals surface area contributed by atoms with Crippen molar-refractivity contribution in [3.8, 4) is 17.6 Å². The third-order valence-corrected chi connectivity index (χ3v) is 13.0. The molecule has 2 saturated heterocycles. The highest BCUT2D eigenvalue weighted by Crippen LogP contribution is 2.66. The first-order valence-corrected chi connectivity index (χ1v) is 22.0. The number of anilines is 1. The van der Waals surface area contributed by atoms with E-state index in [0.717, 1.165) is 27.1 Å². The van der Waals surface area contributed by atoms with Gasteiger partial charge in [0, 0.05) is 5.56 Å². The van der Waals surface area contributed by atoms with Crippen molar-refractivity contribution in [1.29, 1.82) is 0 Å². The second-order valence-corrected chi connectivity index (χ2v) is 16.8. The van der Waals surface area contributed by atoms with Gasteiger partial charge in [0.2, 0.25) is 11.8 Å². The van der Waals surface area contributed by atoms with E-state index in [2.05, 4.69) is 27.5 Å². The van der Waals surface area contributed by atoms with Crippen molar-refractivity contribution in [3.63, 3.8) is 0 Å². The number of nitrogens with one attached hydrogen (secondary N) is 1. The van der Waals surface area contributed by atoms with Gasteiger partial charge in [0.05, 0.1) is 41.9 Å². The van der Waals surface area contributed by atoms with E-state index in [4.69, 9.17) is 15.2 Å². The minimum Gasteiger partial charge on any atom is -0.491 e. The number of aromatic nitrogens is 3. The highest BCUT2D eigenvalue weighted by atomic mass is 16.6. The monoisotopic (exact) mass is 891 g/mol. The van der Waals surface area contributed by atoms with Crippen LogP contribution in [0.2, 0.25) is 0 Å². The lowest BCUT2D eigenvalue weighted by Crippen LogP contribution is -2.55. The van der Waals surface area contributed by atoms with Crippen molar-refractivity contribution >= 4 is 40.5 Å². The standard InChI is InChI=1S/C53H45N7O7/c1-33(35-16-5-2-6-17-35)55-52(65)59-42-27-26-34(15-14-28-58-43-25-12-11-24-41(43)56-57-58)31-40(42)53(51(59)64)44(49(54)62)46-50(63)67-47(37-20-9-4-10-21-37)45(36-18-7-3-8-19-36)60(46)48(53)38-22-13-23-39(32-38)66-30-29-61/h2-13,16-27,31-33,44-48,61H,28-30H2,1H3,(H2,54,62)(H,55,65)/t33-,44-,45-,46-,47+,48+,53-/m1/s1. The molecule has 14 nitrogen and oxygen atoms in total. The molecule has 334 valence electrons. The Kier molecular flexibility index (Phi) is 11.3. The Morgan fingerprint density at radius 3 is 2.25 bits per heavy atom. The number of morpholine rings is 1. The molecular weight excluding hydrogens is 847 g/mol. The maximum Gasteiger partial charge on any atom is 0.329 e. The number of carbonyl (C=O) groups is 4. The molecule has 0 radical (unpaired) electrons. The average molecular weight is 892 g/mol. The molecular formula is C53H45N7O7. The summed E-state index contributed by atoms with van der Waals surface area (Å²) in [6.45, 7) is 1.72. The minimum absolute atomic E-state index is 0.0215. The van der Waals surface area contributed by atoms with Gasteiger partial charge in [-0.2, -0.15) is 0 Å². The summed E-state index contributed by atoms with van der Waals surface area (Å²) < 4.78 is 14.1. The first-order valence-electron chi connectivity index (χ1n) is 22.0. The van der Waals surface area contributed by atoms with E-state index in [-0.39, 0.29) is 31.0 Å². The third-order valence-electron chi connectivity index (χ3n) is 13.0. The first-order chi connectivity index (χ1) is 32.7. The van der Waals surface area contributed by atoms with Gasteiger partial charge in [-0.3, -0.25) is 19.3 Å².